The lowest BCUT2D eigenvalue weighted by molar-refractivity contribution is 0.0906. The number of nitrogens with one attached hydrogen (secondary N) is 1. The Bertz CT molecular complexity index is 1570. The molecule has 3 atom stereocenters. The SMILES string of the molecule is COC(=O)N(C)C1C(C)CN(c2ccncc2Nc2ncc3ccc(-c4c(F)cc(C5CC5)cc4F)nn23)CC1N. The smallest absolute Gasteiger partial charge is 0.409 e. The number of piperidine rings is 1. The van der Waals surface area contributed by atoms with Crippen LogP contribution >= 0.6 is 0 Å². The molecule has 0 radical (unpaired) electrons. The zero-order chi connectivity index (χ0) is 28.8. The van der Waals surface area contributed by atoms with Crippen LogP contribution in [0.4, 0.5) is 30.9 Å². The van der Waals surface area contributed by atoms with Crippen molar-refractivity contribution in [3.63, 3.8) is 0 Å². The lowest BCUT2D eigenvalue weighted by Crippen LogP contribution is -2.62. The first-order valence-corrected chi connectivity index (χ1v) is 13.6. The van der Waals surface area contributed by atoms with Gasteiger partial charge in [0.25, 0.3) is 0 Å². The molecule has 3 aromatic heterocycles. The number of fused-ring (bicyclic) bond motifs is 1. The third-order valence-corrected chi connectivity index (χ3v) is 8.01. The van der Waals surface area contributed by atoms with Crippen molar-refractivity contribution in [1.29, 1.82) is 0 Å². The number of methoxy groups -OCH3 is 1. The van der Waals surface area contributed by atoms with Crippen LogP contribution in [0.1, 0.15) is 31.2 Å². The van der Waals surface area contributed by atoms with Crippen molar-refractivity contribution in [2.24, 2.45) is 11.7 Å². The number of halogens is 2. The fourth-order valence-corrected chi connectivity index (χ4v) is 5.92. The number of nitrogens with two attached hydrogens (primary N) is 1. The molecule has 4 heterocycles. The summed E-state index contributed by atoms with van der Waals surface area (Å²) in [5.74, 6) is -0.608. The van der Waals surface area contributed by atoms with Gasteiger partial charge >= 0.3 is 6.09 Å². The maximum Gasteiger partial charge on any atom is 0.409 e. The Morgan fingerprint density at radius 2 is 1.90 bits per heavy atom. The summed E-state index contributed by atoms with van der Waals surface area (Å²) in [7, 11) is 3.06. The Morgan fingerprint density at radius 3 is 2.59 bits per heavy atom. The fraction of sp³-hybridized carbons (Fsp3) is 0.379. The number of carbonyl (C=O) groups excluding carboxylic acids is 1. The maximum atomic E-state index is 15.0. The molecule has 2 fully saturated rings. The molecule has 12 heteroatoms. The molecular weight excluding hydrogens is 530 g/mol. The predicted molar refractivity (Wildman–Crippen MR) is 151 cm³/mol. The number of pyridine rings is 1. The van der Waals surface area contributed by atoms with Gasteiger partial charge < -0.3 is 25.6 Å². The average molecular weight is 563 g/mol. The Kier molecular flexibility index (Phi) is 6.94. The van der Waals surface area contributed by atoms with Gasteiger partial charge in [-0.3, -0.25) is 4.98 Å². The van der Waals surface area contributed by atoms with Gasteiger partial charge in [-0.25, -0.2) is 18.6 Å². The van der Waals surface area contributed by atoms with Crippen molar-refractivity contribution >= 4 is 28.9 Å². The van der Waals surface area contributed by atoms with Crippen LogP contribution in [0.5, 0.6) is 0 Å². The molecule has 0 bridgehead atoms. The van der Waals surface area contributed by atoms with Crippen molar-refractivity contribution in [1.82, 2.24) is 24.5 Å². The van der Waals surface area contributed by atoms with Gasteiger partial charge in [-0.15, -0.1) is 0 Å². The van der Waals surface area contributed by atoms with Crippen LogP contribution in [0, 0.1) is 17.6 Å². The lowest BCUT2D eigenvalue weighted by atomic mass is 9.89. The van der Waals surface area contributed by atoms with Gasteiger partial charge in [-0.1, -0.05) is 6.92 Å². The van der Waals surface area contributed by atoms with Crippen molar-refractivity contribution in [2.75, 3.05) is 37.5 Å². The Morgan fingerprint density at radius 1 is 1.15 bits per heavy atom. The van der Waals surface area contributed by atoms with E-state index in [9.17, 15) is 4.79 Å². The third kappa shape index (κ3) is 5.03. The number of carbonyl (C=O) groups is 1. The second-order valence-corrected chi connectivity index (χ2v) is 10.9. The van der Waals surface area contributed by atoms with E-state index in [-0.39, 0.29) is 35.2 Å². The van der Waals surface area contributed by atoms with E-state index < -0.39 is 17.7 Å². The molecule has 1 saturated carbocycles. The molecule has 10 nitrogen and oxygen atoms in total. The molecule has 4 aromatic rings. The zero-order valence-corrected chi connectivity index (χ0v) is 23.1. The molecule has 214 valence electrons. The molecule has 1 aliphatic carbocycles. The number of benzene rings is 1. The summed E-state index contributed by atoms with van der Waals surface area (Å²) in [5.41, 5.74) is 9.42. The van der Waals surface area contributed by atoms with E-state index in [4.69, 9.17) is 10.5 Å². The predicted octanol–water partition coefficient (Wildman–Crippen LogP) is 4.54. The normalized spacial score (nSPS) is 20.7. The summed E-state index contributed by atoms with van der Waals surface area (Å²) in [4.78, 5) is 24.6. The van der Waals surface area contributed by atoms with Crippen LogP contribution < -0.4 is 16.0 Å². The number of likely N-dealkylation sites (N-methyl/N-ethyl adjacent to an activating group) is 1. The van der Waals surface area contributed by atoms with Crippen LogP contribution in [-0.4, -0.2) is 69.9 Å². The number of hydrogen-bond acceptors (Lipinski definition) is 8. The summed E-state index contributed by atoms with van der Waals surface area (Å²) in [6.45, 7) is 3.18. The van der Waals surface area contributed by atoms with Gasteiger partial charge in [0.1, 0.15) is 11.6 Å². The summed E-state index contributed by atoms with van der Waals surface area (Å²) < 4.78 is 36.5. The zero-order valence-electron chi connectivity index (χ0n) is 23.1. The summed E-state index contributed by atoms with van der Waals surface area (Å²) >= 11 is 0. The number of nitrogens with zero attached hydrogens (tertiary/aromatic N) is 6. The summed E-state index contributed by atoms with van der Waals surface area (Å²) in [6, 6.07) is 7.51. The Hall–Kier alpha value is -4.32. The summed E-state index contributed by atoms with van der Waals surface area (Å²) in [5, 5.41) is 7.84. The van der Waals surface area contributed by atoms with Gasteiger partial charge in [0.05, 0.1) is 53.7 Å². The standard InChI is InChI=1S/C29H32F2N8O2/c1-16-14-38(15-22(32)27(16)37(2)29(40)41-3)25-8-9-33-13-24(25)35-28-34-12-19-6-7-23(36-39(19)28)26-20(30)10-18(11-21(26)31)17-4-5-17/h6-13,16-17,22,27H,4-5,14-15,32H2,1-3H3,(H,34,35). The van der Waals surface area contributed by atoms with Gasteiger partial charge in [-0.05, 0) is 60.6 Å². The third-order valence-electron chi connectivity index (χ3n) is 8.01. The number of imidazole rings is 1. The molecule has 3 N–H and O–H groups in total. The number of rotatable bonds is 6. The fourth-order valence-electron chi connectivity index (χ4n) is 5.92. The number of amides is 1. The van der Waals surface area contributed by atoms with Crippen molar-refractivity contribution in [3.8, 4) is 11.3 Å². The highest BCUT2D eigenvalue weighted by Gasteiger charge is 2.38. The summed E-state index contributed by atoms with van der Waals surface area (Å²) in [6.07, 6.45) is 6.49. The van der Waals surface area contributed by atoms with E-state index in [0.29, 0.717) is 35.8 Å². The van der Waals surface area contributed by atoms with E-state index in [2.05, 4.69) is 25.3 Å². The van der Waals surface area contributed by atoms with Crippen LogP contribution in [0.2, 0.25) is 0 Å². The number of ether oxygens (including phenoxy) is 1. The van der Waals surface area contributed by atoms with Crippen molar-refractivity contribution in [2.45, 2.75) is 37.8 Å². The molecular formula is C29H32F2N8O2. The van der Waals surface area contributed by atoms with Crippen LogP contribution in [0.3, 0.4) is 0 Å². The lowest BCUT2D eigenvalue weighted by Gasteiger charge is -2.45. The van der Waals surface area contributed by atoms with E-state index in [1.54, 1.807) is 42.7 Å². The first-order chi connectivity index (χ1) is 19.7. The van der Waals surface area contributed by atoms with E-state index in [1.807, 2.05) is 13.0 Å². The largest absolute Gasteiger partial charge is 0.453 e. The van der Waals surface area contributed by atoms with Crippen LogP contribution in [0.15, 0.2) is 48.9 Å². The monoisotopic (exact) mass is 562 g/mol. The number of anilines is 3. The quantitative estimate of drug-likeness (QED) is 0.352. The van der Waals surface area contributed by atoms with Crippen LogP contribution in [0.25, 0.3) is 16.8 Å². The van der Waals surface area contributed by atoms with Crippen LogP contribution in [-0.2, 0) is 4.74 Å². The molecule has 3 unspecified atom stereocenters. The topological polar surface area (TPSA) is 114 Å². The average Bonchev–Trinajstić information content (AvgIpc) is 3.73. The van der Waals surface area contributed by atoms with Gasteiger partial charge in [0, 0.05) is 32.4 Å². The second-order valence-electron chi connectivity index (χ2n) is 10.9. The molecule has 41 heavy (non-hydrogen) atoms. The van der Waals surface area contributed by atoms with Gasteiger partial charge in [0.2, 0.25) is 5.95 Å². The number of aromatic nitrogens is 4. The Balaban J connectivity index is 1.28. The molecule has 1 aliphatic heterocycles. The molecule has 1 amide bonds. The minimum atomic E-state index is -0.630. The second kappa shape index (κ2) is 10.6. The maximum absolute atomic E-state index is 15.0. The van der Waals surface area contributed by atoms with Gasteiger partial charge in [-0.2, -0.15) is 9.61 Å². The highest BCUT2D eigenvalue weighted by Crippen LogP contribution is 2.42. The minimum absolute atomic E-state index is 0.0523. The molecule has 1 saturated heterocycles. The highest BCUT2D eigenvalue weighted by molar-refractivity contribution is 5.74. The molecule has 6 rings (SSSR count). The van der Waals surface area contributed by atoms with Crippen molar-refractivity contribution in [3.05, 3.63) is 66.1 Å². The van der Waals surface area contributed by atoms with E-state index in [0.717, 1.165) is 18.5 Å². The molecule has 0 spiro atoms. The van der Waals surface area contributed by atoms with Crippen molar-refractivity contribution < 1.29 is 18.3 Å². The van der Waals surface area contributed by atoms with E-state index >= 15 is 8.78 Å². The van der Waals surface area contributed by atoms with Gasteiger partial charge in [0.15, 0.2) is 0 Å². The first kappa shape index (κ1) is 26.9. The molecule has 1 aromatic carbocycles. The minimum Gasteiger partial charge on any atom is -0.453 e. The molecule has 2 aliphatic rings. The Labute approximate surface area is 236 Å². The first-order valence-electron chi connectivity index (χ1n) is 13.6. The number of hydrogen-bond donors (Lipinski definition) is 2. The highest BCUT2D eigenvalue weighted by atomic mass is 19.1. The van der Waals surface area contributed by atoms with E-state index in [1.165, 1.54) is 23.8 Å².